The van der Waals surface area contributed by atoms with Crippen LogP contribution in [0, 0.1) is 0 Å². The molecule has 0 saturated carbocycles. The van der Waals surface area contributed by atoms with Gasteiger partial charge in [-0.2, -0.15) is 15.3 Å². The molecule has 140 heavy (non-hydrogen) atoms. The van der Waals surface area contributed by atoms with Gasteiger partial charge < -0.3 is 104 Å². The molecule has 3 aromatic heterocycles. The highest BCUT2D eigenvalue weighted by atomic mass is 79.9. The lowest BCUT2D eigenvalue weighted by Gasteiger charge is -2.30. The number of carboxylic acids is 2. The number of aromatic hydroxyl groups is 1. The summed E-state index contributed by atoms with van der Waals surface area (Å²) in [6, 6.07) is 51.3. The van der Waals surface area contributed by atoms with E-state index in [0.29, 0.717) is 133 Å². The first-order chi connectivity index (χ1) is 66.3. The van der Waals surface area contributed by atoms with Gasteiger partial charge in [0, 0.05) is 160 Å². The van der Waals surface area contributed by atoms with Gasteiger partial charge in [-0.15, -0.1) is 0 Å². The number of likely N-dealkylation sites (tertiary alicyclic amines) is 4. The number of carbonyl (C=O) groups is 8. The maximum absolute atomic E-state index is 13.0. The van der Waals surface area contributed by atoms with E-state index in [1.54, 1.807) is 220 Å². The van der Waals surface area contributed by atoms with Gasteiger partial charge in [0.25, 0.3) is 35.4 Å². The van der Waals surface area contributed by atoms with Crippen molar-refractivity contribution in [1.82, 2.24) is 48.9 Å². The molecular weight excluding hydrogens is 1860 g/mol. The first kappa shape index (κ1) is 108. The lowest BCUT2D eigenvalue weighted by atomic mass is 10.1. The van der Waals surface area contributed by atoms with Crippen molar-refractivity contribution in [3.8, 4) is 63.2 Å². The summed E-state index contributed by atoms with van der Waals surface area (Å²) in [7, 11) is 5.37. The van der Waals surface area contributed by atoms with Crippen LogP contribution in [0.25, 0.3) is 0 Å². The predicted octanol–water partition coefficient (Wildman–Crippen LogP) is 17.5. The van der Waals surface area contributed by atoms with Crippen molar-refractivity contribution in [3.63, 3.8) is 0 Å². The smallest absolute Gasteiger partial charge is 0.335 e. The number of hydrogen-bond donors (Lipinski definition) is 7. The number of aromatic carboxylic acids is 2. The second kappa shape index (κ2) is 50.3. The molecule has 0 unspecified atom stereocenters. The van der Waals surface area contributed by atoms with Crippen molar-refractivity contribution in [3.05, 3.63) is 256 Å². The minimum absolute atomic E-state index is 0.00724. The molecule has 4 fully saturated rings. The summed E-state index contributed by atoms with van der Waals surface area (Å²) in [5.74, 6) is 3.37. The fourth-order valence-electron chi connectivity index (χ4n) is 13.0. The molecule has 746 valence electrons. The maximum atomic E-state index is 13.0. The third kappa shape index (κ3) is 35.6. The number of benzene rings is 8. The summed E-state index contributed by atoms with van der Waals surface area (Å²) in [6.07, 6.45) is 8.35. The van der Waals surface area contributed by atoms with Gasteiger partial charge in [0.2, 0.25) is 0 Å². The van der Waals surface area contributed by atoms with E-state index in [2.05, 4.69) is 41.9 Å². The number of nitrogens with zero attached hydrogens (tertiary/aromatic N) is 10. The Morgan fingerprint density at radius 2 is 0.629 bits per heavy atom. The Bertz CT molecular complexity index is 5960. The van der Waals surface area contributed by atoms with E-state index < -0.39 is 18.0 Å². The van der Waals surface area contributed by atoms with Crippen LogP contribution in [0.5, 0.6) is 63.2 Å². The number of carbonyl (C=O) groups excluding carboxylic acids is 6. The van der Waals surface area contributed by atoms with Gasteiger partial charge in [0.1, 0.15) is 93.5 Å². The molecule has 8 aromatic carbocycles. The van der Waals surface area contributed by atoms with Crippen LogP contribution in [-0.4, -0.2) is 237 Å². The molecule has 35 nitrogen and oxygen atoms in total. The number of phenolic OH excluding ortho intramolecular Hbond substituents is 1. The van der Waals surface area contributed by atoms with Gasteiger partial charge in [-0.1, -0.05) is 15.9 Å². The predicted molar refractivity (Wildman–Crippen MR) is 532 cm³/mol. The first-order valence-corrected chi connectivity index (χ1v) is 46.7. The van der Waals surface area contributed by atoms with Crippen LogP contribution in [0.15, 0.2) is 211 Å². The van der Waals surface area contributed by atoms with Crippen molar-refractivity contribution in [2.24, 2.45) is 21.1 Å². The van der Waals surface area contributed by atoms with Gasteiger partial charge in [-0.05, 0) is 273 Å². The van der Waals surface area contributed by atoms with Gasteiger partial charge >= 0.3 is 11.9 Å². The third-order valence-corrected chi connectivity index (χ3v) is 21.2. The summed E-state index contributed by atoms with van der Waals surface area (Å²) < 4.78 is 63.8. The zero-order chi connectivity index (χ0) is 102. The maximum Gasteiger partial charge on any atom is 0.335 e. The van der Waals surface area contributed by atoms with Gasteiger partial charge in [-0.25, -0.2) is 9.59 Å². The largest absolute Gasteiger partial charge is 0.508 e. The van der Waals surface area contributed by atoms with E-state index in [9.17, 15) is 48.6 Å². The first-order valence-electron chi connectivity index (χ1n) is 45.9. The highest BCUT2D eigenvalue weighted by Crippen LogP contribution is 2.35. The molecule has 0 bridgehead atoms. The van der Waals surface area contributed by atoms with E-state index in [4.69, 9.17) is 63.3 Å². The number of nitrogens with two attached hydrogens (primary N) is 1. The number of rotatable bonds is 31. The van der Waals surface area contributed by atoms with Crippen LogP contribution in [0.4, 0.5) is 17.5 Å². The van der Waals surface area contributed by atoms with Crippen LogP contribution in [-0.2, 0) is 35.4 Å². The molecule has 4 aliphatic rings. The molecule has 4 saturated heterocycles. The Kier molecular flexibility index (Phi) is 38.7. The van der Waals surface area contributed by atoms with Crippen LogP contribution < -0.4 is 49.5 Å². The fraction of sp³-hybridized carbons (Fsp3) is 0.375. The van der Waals surface area contributed by atoms with Crippen molar-refractivity contribution in [2.75, 3.05) is 95.2 Å². The third-order valence-electron chi connectivity index (χ3n) is 20.7. The van der Waals surface area contributed by atoms with Gasteiger partial charge in [-0.3, -0.25) is 42.8 Å². The number of nitrogen functional groups attached to an aromatic ring is 1. The zero-order valence-corrected chi connectivity index (χ0v) is 83.4. The molecule has 8 N–H and O–H groups in total. The van der Waals surface area contributed by atoms with Crippen molar-refractivity contribution in [2.45, 2.75) is 157 Å². The summed E-state index contributed by atoms with van der Waals surface area (Å²) in [5, 5.41) is 54.5. The number of aliphatic hydroxyl groups is 1. The number of aromatic nitrogens is 6. The average molecular weight is 1990 g/mol. The summed E-state index contributed by atoms with van der Waals surface area (Å²) in [5.41, 5.74) is 7.82. The van der Waals surface area contributed by atoms with Crippen LogP contribution in [0.2, 0.25) is 0 Å². The number of aryl methyl sites for hydroxylation is 3. The number of aliphatic hydroxyl groups excluding tert-OH is 1. The van der Waals surface area contributed by atoms with E-state index in [1.807, 2.05) is 95.0 Å². The number of ether oxygens (including phenoxy) is 10. The Morgan fingerprint density at radius 3 is 0.886 bits per heavy atom. The summed E-state index contributed by atoms with van der Waals surface area (Å²) in [6.45, 7) is 32.6. The van der Waals surface area contributed by atoms with Gasteiger partial charge in [0.15, 0.2) is 11.6 Å². The van der Waals surface area contributed by atoms with Crippen molar-refractivity contribution in [1.29, 1.82) is 0 Å². The van der Waals surface area contributed by atoms with Crippen LogP contribution >= 0.6 is 15.9 Å². The number of anilines is 3. The molecule has 4 aliphatic heterocycles. The van der Waals surface area contributed by atoms with E-state index in [1.165, 1.54) is 36.4 Å². The van der Waals surface area contributed by atoms with E-state index >= 15 is 0 Å². The lowest BCUT2D eigenvalue weighted by Crippen LogP contribution is -2.41. The van der Waals surface area contributed by atoms with Crippen molar-refractivity contribution >= 4 is 80.8 Å². The number of phenols is 1. The molecule has 36 heteroatoms. The number of halogens is 1. The van der Waals surface area contributed by atoms with Crippen molar-refractivity contribution < 1.29 is 106 Å². The summed E-state index contributed by atoms with van der Waals surface area (Å²) >= 11 is 3.27. The molecule has 6 amide bonds. The fourth-order valence-corrected chi connectivity index (χ4v) is 13.5. The number of hydrogen-bond acceptors (Lipinski definition) is 24. The van der Waals surface area contributed by atoms with Crippen LogP contribution in [0.1, 0.15) is 199 Å². The molecule has 0 radical (unpaired) electrons. The number of nitrogens with one attached hydrogen (secondary N) is 2. The highest BCUT2D eigenvalue weighted by molar-refractivity contribution is 9.10. The minimum Gasteiger partial charge on any atom is -0.508 e. The van der Waals surface area contributed by atoms with E-state index in [0.717, 1.165) is 78.0 Å². The highest BCUT2D eigenvalue weighted by Gasteiger charge is 2.28. The average Bonchev–Trinajstić information content (AvgIpc) is 1.21. The lowest BCUT2D eigenvalue weighted by molar-refractivity contribution is -0.0375. The second-order valence-corrected chi connectivity index (χ2v) is 37.5. The van der Waals surface area contributed by atoms with E-state index in [-0.39, 0.29) is 94.0 Å². The molecule has 0 spiro atoms. The number of carboxylic acid groups (broad SMARTS) is 2. The van der Waals surface area contributed by atoms with Gasteiger partial charge in [0.05, 0.1) is 54.4 Å². The molecule has 4 atom stereocenters. The normalized spacial score (nSPS) is 13.8. The Morgan fingerprint density at radius 1 is 0.357 bits per heavy atom. The molecule has 0 aliphatic carbocycles. The minimum atomic E-state index is -1.08. The molecule has 15 rings (SSSR count). The Labute approximate surface area is 823 Å². The monoisotopic (exact) mass is 1990 g/mol. The Balaban J connectivity index is 0.000000183. The Hall–Kier alpha value is -14.3. The second-order valence-electron chi connectivity index (χ2n) is 36.6. The molecule has 11 aromatic rings. The standard InChI is InChI=1S/C28H34N4O5.C24H26N4O5.C24H29NO6.C14H19BrO4.C10H11NO2.C4H7N3/c1-19(18-35-28(2,3)4)36-23-15-21(26(33)29-25-11-14-31(5)30-25)16-24(17-23)37-22-9-7-20(8-10-22)27(34)32-12-6-13-32;1-16(15-29)32-20-12-18(23(30)25-22-8-11-27(2)26-22)13-21(14-20)33-19-6-4-17(5-7-19)24(31)28-9-3-10-28;1-16(15-29-24(2,3)4)30-20-12-18(23(27)28)13-21(14-20)31-19-8-6-17(7-9-19)22(26)25-10-5-11-25;1-9(8-18-14(2,3)4)19-12-6-10(13(16)17)5-11(15)7-12;12-9-4-2-8(3-5-9)10(13)11-6-1-7-11;1-7-3-2-4(5)6-7/h7-11,14-17,19H,6,12-13,18H2,1-5H3,(H,29,30,33);4-8,11-14,16,29H,3,9-10,15H2,1-2H3,(H,25,26,30);6-9,12-14,16H,5,10-11,15H2,1-4H3,(H,27,28);5-7,9H,8H2,1-4H3,(H,16,17);2-5,12H,1,6-7H2;2-3H,1H3,(H2,5,6)/t19-;2*16-;9-;;/m0000../s1. The SMILES string of the molecule is C[C@@H](CO)Oc1cc(Oc2ccc(C(=O)N3CCC3)cc2)cc(C(=O)Nc2ccn(C)n2)c1.C[C@@H](COC(C)(C)C)Oc1cc(Br)cc(C(=O)O)c1.C[C@@H](COC(C)(C)C)Oc1cc(Oc2ccc(C(=O)N3CCC3)cc2)cc(C(=O)Nc2ccn(C)n2)c1.C[C@@H](COC(C)(C)C)Oc1cc(Oc2ccc(C(=O)N3CCC3)cc2)cc(C(=O)O)c1.Cn1ccc(N)n1.O=C(c1ccc(O)cc1)N1CCC1. The topological polar surface area (TPSA) is 426 Å². The number of amides is 6. The quantitative estimate of drug-likeness (QED) is 0.0212. The molecule has 7 heterocycles. The van der Waals surface area contributed by atoms with Crippen LogP contribution in [0.3, 0.4) is 0 Å². The molecular formula is C104H126BrN13O22. The summed E-state index contributed by atoms with van der Waals surface area (Å²) in [4.78, 5) is 104. The zero-order valence-electron chi connectivity index (χ0n) is 81.8.